The van der Waals surface area contributed by atoms with Crippen LogP contribution < -0.4 is 14.8 Å². The SMILES string of the molecule is CN1CCC(Oc2ccc(NC(=O)C3COc4ccccc4C3)cn2)CC1. The fourth-order valence-electron chi connectivity index (χ4n) is 3.54. The standard InChI is InChI=1S/C21H25N3O3/c1-24-10-8-18(9-11-24)27-20-7-6-17(13-22-20)23-21(25)16-12-15-4-2-3-5-19(15)26-14-16/h2-7,13,16,18H,8-12,14H2,1H3,(H,23,25). The predicted molar refractivity (Wildman–Crippen MR) is 103 cm³/mol. The Bertz CT molecular complexity index is 786. The molecule has 1 atom stereocenters. The predicted octanol–water partition coefficient (Wildman–Crippen LogP) is 2.74. The fourth-order valence-corrected chi connectivity index (χ4v) is 3.54. The van der Waals surface area contributed by atoms with Crippen LogP contribution in [-0.4, -0.2) is 48.6 Å². The summed E-state index contributed by atoms with van der Waals surface area (Å²) in [6, 6.07) is 11.5. The highest BCUT2D eigenvalue weighted by Crippen LogP contribution is 2.27. The minimum atomic E-state index is -0.199. The maximum atomic E-state index is 12.6. The van der Waals surface area contributed by atoms with Crippen molar-refractivity contribution in [3.8, 4) is 11.6 Å². The number of likely N-dealkylation sites (tertiary alicyclic amines) is 1. The molecule has 1 fully saturated rings. The van der Waals surface area contributed by atoms with Gasteiger partial charge in [-0.2, -0.15) is 0 Å². The van der Waals surface area contributed by atoms with Crippen LogP contribution in [0.25, 0.3) is 0 Å². The molecule has 1 saturated heterocycles. The number of pyridine rings is 1. The normalized spacial score (nSPS) is 20.4. The number of carbonyl (C=O) groups is 1. The summed E-state index contributed by atoms with van der Waals surface area (Å²) >= 11 is 0. The molecule has 2 aromatic rings. The lowest BCUT2D eigenvalue weighted by Crippen LogP contribution is -2.35. The summed E-state index contributed by atoms with van der Waals surface area (Å²) in [6.07, 6.45) is 4.58. The Morgan fingerprint density at radius 3 is 2.81 bits per heavy atom. The van der Waals surface area contributed by atoms with Crippen LogP contribution in [-0.2, 0) is 11.2 Å². The van der Waals surface area contributed by atoms with E-state index in [1.54, 1.807) is 6.20 Å². The van der Waals surface area contributed by atoms with Crippen LogP contribution in [0, 0.1) is 5.92 Å². The van der Waals surface area contributed by atoms with E-state index in [1.165, 1.54) is 0 Å². The lowest BCUT2D eigenvalue weighted by atomic mass is 9.96. The summed E-state index contributed by atoms with van der Waals surface area (Å²) in [5.41, 5.74) is 1.75. The quantitative estimate of drug-likeness (QED) is 0.900. The van der Waals surface area contributed by atoms with E-state index in [9.17, 15) is 4.79 Å². The Morgan fingerprint density at radius 1 is 1.22 bits per heavy atom. The van der Waals surface area contributed by atoms with Crippen LogP contribution in [0.3, 0.4) is 0 Å². The number of hydrogen-bond acceptors (Lipinski definition) is 5. The van der Waals surface area contributed by atoms with E-state index in [0.29, 0.717) is 24.6 Å². The van der Waals surface area contributed by atoms with Gasteiger partial charge in [-0.3, -0.25) is 4.79 Å². The van der Waals surface area contributed by atoms with Crippen LogP contribution in [0.15, 0.2) is 42.6 Å². The molecule has 0 radical (unpaired) electrons. The number of para-hydroxylation sites is 1. The molecule has 1 N–H and O–H groups in total. The molecular formula is C21H25N3O3. The van der Waals surface area contributed by atoms with Gasteiger partial charge in [0.25, 0.3) is 0 Å². The lowest BCUT2D eigenvalue weighted by molar-refractivity contribution is -0.121. The van der Waals surface area contributed by atoms with Gasteiger partial charge in [0.15, 0.2) is 0 Å². The van der Waals surface area contributed by atoms with Crippen molar-refractivity contribution in [2.24, 2.45) is 5.92 Å². The summed E-state index contributed by atoms with van der Waals surface area (Å²) in [5, 5.41) is 2.94. The van der Waals surface area contributed by atoms with Gasteiger partial charge < -0.3 is 19.7 Å². The van der Waals surface area contributed by atoms with Gasteiger partial charge in [0.2, 0.25) is 11.8 Å². The first-order valence-corrected chi connectivity index (χ1v) is 9.50. The number of rotatable bonds is 4. The summed E-state index contributed by atoms with van der Waals surface area (Å²) in [5.74, 6) is 1.24. The van der Waals surface area contributed by atoms with Gasteiger partial charge in [-0.1, -0.05) is 18.2 Å². The highest BCUT2D eigenvalue weighted by molar-refractivity contribution is 5.92. The van der Waals surface area contributed by atoms with Gasteiger partial charge in [-0.05, 0) is 44.0 Å². The molecular weight excluding hydrogens is 342 g/mol. The molecule has 1 aromatic heterocycles. The molecule has 3 heterocycles. The van der Waals surface area contributed by atoms with E-state index in [1.807, 2.05) is 36.4 Å². The second-order valence-corrected chi connectivity index (χ2v) is 7.31. The zero-order valence-electron chi connectivity index (χ0n) is 15.6. The average molecular weight is 367 g/mol. The zero-order chi connectivity index (χ0) is 18.6. The number of carbonyl (C=O) groups excluding carboxylic acids is 1. The molecule has 1 amide bonds. The van der Waals surface area contributed by atoms with E-state index >= 15 is 0 Å². The molecule has 0 saturated carbocycles. The van der Waals surface area contributed by atoms with Crippen molar-refractivity contribution in [1.29, 1.82) is 0 Å². The fraction of sp³-hybridized carbons (Fsp3) is 0.429. The Balaban J connectivity index is 1.31. The number of piperidine rings is 1. The van der Waals surface area contributed by atoms with E-state index in [4.69, 9.17) is 9.47 Å². The van der Waals surface area contributed by atoms with Gasteiger partial charge >= 0.3 is 0 Å². The number of nitrogens with zero attached hydrogens (tertiary/aromatic N) is 2. The van der Waals surface area contributed by atoms with Crippen LogP contribution in [0.1, 0.15) is 18.4 Å². The molecule has 0 spiro atoms. The van der Waals surface area contributed by atoms with Crippen molar-refractivity contribution in [2.75, 3.05) is 32.1 Å². The molecule has 2 aliphatic heterocycles. The smallest absolute Gasteiger partial charge is 0.231 e. The van der Waals surface area contributed by atoms with E-state index in [2.05, 4.69) is 22.2 Å². The van der Waals surface area contributed by atoms with E-state index < -0.39 is 0 Å². The molecule has 1 unspecified atom stereocenters. The number of anilines is 1. The van der Waals surface area contributed by atoms with Crippen LogP contribution in [0.4, 0.5) is 5.69 Å². The topological polar surface area (TPSA) is 63.7 Å². The third-order valence-corrected chi connectivity index (χ3v) is 5.21. The summed E-state index contributed by atoms with van der Waals surface area (Å²) in [6.45, 7) is 2.49. The van der Waals surface area contributed by atoms with E-state index in [-0.39, 0.29) is 17.9 Å². The third kappa shape index (κ3) is 4.39. The van der Waals surface area contributed by atoms with Gasteiger partial charge in [0.1, 0.15) is 18.5 Å². The molecule has 27 heavy (non-hydrogen) atoms. The molecule has 2 aliphatic rings. The number of ether oxygens (including phenoxy) is 2. The first kappa shape index (κ1) is 17.8. The number of amides is 1. The largest absolute Gasteiger partial charge is 0.492 e. The molecule has 0 bridgehead atoms. The first-order valence-electron chi connectivity index (χ1n) is 9.50. The maximum Gasteiger partial charge on any atom is 0.231 e. The third-order valence-electron chi connectivity index (χ3n) is 5.21. The number of hydrogen-bond donors (Lipinski definition) is 1. The molecule has 1 aromatic carbocycles. The van der Waals surface area contributed by atoms with Crippen molar-refractivity contribution >= 4 is 11.6 Å². The van der Waals surface area contributed by atoms with Crippen molar-refractivity contribution in [3.05, 3.63) is 48.2 Å². The van der Waals surface area contributed by atoms with Crippen LogP contribution in [0.5, 0.6) is 11.6 Å². The summed E-state index contributed by atoms with van der Waals surface area (Å²) in [7, 11) is 2.13. The highest BCUT2D eigenvalue weighted by Gasteiger charge is 2.26. The van der Waals surface area contributed by atoms with Crippen molar-refractivity contribution in [1.82, 2.24) is 9.88 Å². The molecule has 6 heteroatoms. The van der Waals surface area contributed by atoms with Crippen LogP contribution >= 0.6 is 0 Å². The average Bonchev–Trinajstić information content (AvgIpc) is 2.71. The Kier molecular flexibility index (Phi) is 5.25. The van der Waals surface area contributed by atoms with Crippen molar-refractivity contribution in [3.63, 3.8) is 0 Å². The molecule has 4 rings (SSSR count). The van der Waals surface area contributed by atoms with Crippen molar-refractivity contribution < 1.29 is 14.3 Å². The lowest BCUT2D eigenvalue weighted by Gasteiger charge is -2.28. The summed E-state index contributed by atoms with van der Waals surface area (Å²) < 4.78 is 11.7. The monoisotopic (exact) mass is 367 g/mol. The van der Waals surface area contributed by atoms with Gasteiger partial charge in [-0.25, -0.2) is 4.98 Å². The number of aromatic nitrogens is 1. The molecule has 6 nitrogen and oxygen atoms in total. The maximum absolute atomic E-state index is 12.6. The first-order chi connectivity index (χ1) is 13.2. The van der Waals surface area contributed by atoms with Crippen molar-refractivity contribution in [2.45, 2.75) is 25.4 Å². The number of nitrogens with one attached hydrogen (secondary N) is 1. The highest BCUT2D eigenvalue weighted by atomic mass is 16.5. The van der Waals surface area contributed by atoms with Crippen LogP contribution in [0.2, 0.25) is 0 Å². The minimum Gasteiger partial charge on any atom is -0.492 e. The minimum absolute atomic E-state index is 0.0460. The Hall–Kier alpha value is -2.60. The zero-order valence-corrected chi connectivity index (χ0v) is 15.6. The second-order valence-electron chi connectivity index (χ2n) is 7.31. The second kappa shape index (κ2) is 7.96. The number of benzene rings is 1. The van der Waals surface area contributed by atoms with Gasteiger partial charge in [0, 0.05) is 19.2 Å². The van der Waals surface area contributed by atoms with E-state index in [0.717, 1.165) is 37.2 Å². The van der Waals surface area contributed by atoms with Gasteiger partial charge in [-0.15, -0.1) is 0 Å². The Labute approximate surface area is 159 Å². The summed E-state index contributed by atoms with van der Waals surface area (Å²) in [4.78, 5) is 19.2. The molecule has 142 valence electrons. The Morgan fingerprint density at radius 2 is 2.04 bits per heavy atom. The van der Waals surface area contributed by atoms with Gasteiger partial charge in [0.05, 0.1) is 17.8 Å². The molecule has 0 aliphatic carbocycles. The number of fused-ring (bicyclic) bond motifs is 1.